The fraction of sp³-hybridized carbons (Fsp3) is 0.600. The largest absolute Gasteiger partial charge is 0.378 e. The van der Waals surface area contributed by atoms with Gasteiger partial charge >= 0.3 is 0 Å². The third-order valence-electron chi connectivity index (χ3n) is 4.08. The third kappa shape index (κ3) is 3.04. The van der Waals surface area contributed by atoms with E-state index >= 15 is 0 Å². The lowest BCUT2D eigenvalue weighted by molar-refractivity contribution is 0.122. The lowest BCUT2D eigenvalue weighted by atomic mass is 9.90. The van der Waals surface area contributed by atoms with Gasteiger partial charge in [-0.15, -0.1) is 0 Å². The van der Waals surface area contributed by atoms with E-state index in [1.807, 2.05) is 6.07 Å². The molecule has 3 rings (SSSR count). The molecule has 1 aromatic rings. The molecule has 2 fully saturated rings. The van der Waals surface area contributed by atoms with E-state index in [1.54, 1.807) is 0 Å². The molecule has 0 bridgehead atoms. The van der Waals surface area contributed by atoms with E-state index in [2.05, 4.69) is 22.3 Å². The first-order valence-corrected chi connectivity index (χ1v) is 7.55. The zero-order valence-corrected chi connectivity index (χ0v) is 12.0. The van der Waals surface area contributed by atoms with Crippen LogP contribution in [0.2, 0.25) is 5.02 Å². The van der Waals surface area contributed by atoms with Gasteiger partial charge < -0.3 is 15.0 Å². The number of morpholine rings is 1. The maximum Gasteiger partial charge on any atom is 0.0642 e. The van der Waals surface area contributed by atoms with Gasteiger partial charge in [0, 0.05) is 30.3 Å². The number of piperidine rings is 1. The van der Waals surface area contributed by atoms with Crippen LogP contribution in [0, 0.1) is 0 Å². The zero-order valence-electron chi connectivity index (χ0n) is 11.2. The molecule has 4 heteroatoms. The molecule has 2 heterocycles. The van der Waals surface area contributed by atoms with Gasteiger partial charge in [0.1, 0.15) is 0 Å². The van der Waals surface area contributed by atoms with E-state index in [1.165, 1.54) is 24.1 Å². The first kappa shape index (κ1) is 13.2. The van der Waals surface area contributed by atoms with Crippen molar-refractivity contribution in [2.75, 3.05) is 44.3 Å². The van der Waals surface area contributed by atoms with Gasteiger partial charge in [-0.3, -0.25) is 0 Å². The van der Waals surface area contributed by atoms with Crippen LogP contribution in [-0.2, 0) is 4.74 Å². The number of hydrogen-bond acceptors (Lipinski definition) is 3. The fourth-order valence-corrected chi connectivity index (χ4v) is 3.24. The Balaban J connectivity index is 1.88. The molecule has 1 N–H and O–H groups in total. The molecular weight excluding hydrogens is 260 g/mol. The highest BCUT2D eigenvalue weighted by Gasteiger charge is 2.22. The molecule has 2 aliphatic rings. The van der Waals surface area contributed by atoms with Crippen LogP contribution in [0.15, 0.2) is 18.2 Å². The Labute approximate surface area is 119 Å². The fourth-order valence-electron chi connectivity index (χ4n) is 3.06. The molecule has 3 nitrogen and oxygen atoms in total. The average molecular weight is 281 g/mol. The van der Waals surface area contributed by atoms with Crippen LogP contribution in [0.3, 0.4) is 0 Å². The van der Waals surface area contributed by atoms with Crippen LogP contribution in [0.4, 0.5) is 5.69 Å². The van der Waals surface area contributed by atoms with Crippen LogP contribution < -0.4 is 10.2 Å². The van der Waals surface area contributed by atoms with Crippen molar-refractivity contribution in [2.24, 2.45) is 0 Å². The number of nitrogens with zero attached hydrogens (tertiary/aromatic N) is 1. The smallest absolute Gasteiger partial charge is 0.0642 e. The summed E-state index contributed by atoms with van der Waals surface area (Å²) in [6.07, 6.45) is 2.50. The molecule has 104 valence electrons. The Hall–Kier alpha value is -0.770. The van der Waals surface area contributed by atoms with Crippen molar-refractivity contribution >= 4 is 17.3 Å². The Morgan fingerprint density at radius 1 is 1.26 bits per heavy atom. The van der Waals surface area contributed by atoms with Crippen molar-refractivity contribution in [2.45, 2.75) is 18.8 Å². The number of benzene rings is 1. The average Bonchev–Trinajstić information content (AvgIpc) is 2.49. The summed E-state index contributed by atoms with van der Waals surface area (Å²) in [4.78, 5) is 2.43. The normalized spacial score (nSPS) is 24.5. The summed E-state index contributed by atoms with van der Waals surface area (Å²) < 4.78 is 5.45. The van der Waals surface area contributed by atoms with E-state index in [4.69, 9.17) is 16.3 Å². The molecule has 2 saturated heterocycles. The topological polar surface area (TPSA) is 24.5 Å². The van der Waals surface area contributed by atoms with Gasteiger partial charge in [0.05, 0.1) is 13.2 Å². The lowest BCUT2D eigenvalue weighted by Gasteiger charge is -2.33. The maximum absolute atomic E-state index is 6.21. The minimum absolute atomic E-state index is 0.588. The molecule has 0 amide bonds. The number of nitrogens with one attached hydrogen (secondary N) is 1. The van der Waals surface area contributed by atoms with Crippen molar-refractivity contribution in [3.05, 3.63) is 28.8 Å². The lowest BCUT2D eigenvalue weighted by Crippen LogP contribution is -2.37. The second-order valence-electron chi connectivity index (χ2n) is 5.35. The van der Waals surface area contributed by atoms with E-state index in [0.717, 1.165) is 44.4 Å². The molecule has 1 unspecified atom stereocenters. The van der Waals surface area contributed by atoms with Gasteiger partial charge in [0.25, 0.3) is 0 Å². The molecule has 2 aliphatic heterocycles. The van der Waals surface area contributed by atoms with Gasteiger partial charge in [-0.2, -0.15) is 0 Å². The Morgan fingerprint density at radius 2 is 2.11 bits per heavy atom. The summed E-state index contributed by atoms with van der Waals surface area (Å²) in [5.74, 6) is 0.588. The van der Waals surface area contributed by atoms with Crippen molar-refractivity contribution in [1.29, 1.82) is 0 Å². The molecule has 19 heavy (non-hydrogen) atoms. The van der Waals surface area contributed by atoms with Crippen LogP contribution in [0.5, 0.6) is 0 Å². The van der Waals surface area contributed by atoms with Crippen LogP contribution in [0.1, 0.15) is 24.3 Å². The Morgan fingerprint density at radius 3 is 2.84 bits per heavy atom. The minimum Gasteiger partial charge on any atom is -0.378 e. The van der Waals surface area contributed by atoms with Gasteiger partial charge in [-0.05, 0) is 49.1 Å². The molecule has 0 aromatic heterocycles. The summed E-state index contributed by atoms with van der Waals surface area (Å²) in [6.45, 7) is 5.82. The van der Waals surface area contributed by atoms with Gasteiger partial charge in [-0.25, -0.2) is 0 Å². The van der Waals surface area contributed by atoms with E-state index in [-0.39, 0.29) is 0 Å². The van der Waals surface area contributed by atoms with E-state index < -0.39 is 0 Å². The minimum atomic E-state index is 0.588. The summed E-state index contributed by atoms with van der Waals surface area (Å²) in [5.41, 5.74) is 2.75. The van der Waals surface area contributed by atoms with Crippen molar-refractivity contribution in [3.8, 4) is 0 Å². The highest BCUT2D eigenvalue weighted by Crippen LogP contribution is 2.34. The highest BCUT2D eigenvalue weighted by molar-refractivity contribution is 6.30. The molecule has 1 aromatic carbocycles. The maximum atomic E-state index is 6.21. The molecule has 0 saturated carbocycles. The van der Waals surface area contributed by atoms with Crippen molar-refractivity contribution < 1.29 is 4.74 Å². The second-order valence-corrected chi connectivity index (χ2v) is 5.78. The SMILES string of the molecule is Clc1ccc(N2CCOCC2)c(C2CCCNC2)c1. The summed E-state index contributed by atoms with van der Waals surface area (Å²) >= 11 is 6.21. The van der Waals surface area contributed by atoms with Crippen molar-refractivity contribution in [3.63, 3.8) is 0 Å². The molecule has 1 atom stereocenters. The van der Waals surface area contributed by atoms with Gasteiger partial charge in [-0.1, -0.05) is 11.6 Å². The summed E-state index contributed by atoms with van der Waals surface area (Å²) in [6, 6.07) is 6.34. The zero-order chi connectivity index (χ0) is 13.1. The second kappa shape index (κ2) is 6.12. The highest BCUT2D eigenvalue weighted by atomic mass is 35.5. The first-order valence-electron chi connectivity index (χ1n) is 7.17. The van der Waals surface area contributed by atoms with Crippen LogP contribution >= 0.6 is 11.6 Å². The van der Waals surface area contributed by atoms with Crippen LogP contribution in [-0.4, -0.2) is 39.4 Å². The quantitative estimate of drug-likeness (QED) is 0.901. The monoisotopic (exact) mass is 280 g/mol. The summed E-state index contributed by atoms with van der Waals surface area (Å²) in [7, 11) is 0. The van der Waals surface area contributed by atoms with Gasteiger partial charge in [0.2, 0.25) is 0 Å². The molecular formula is C15H21ClN2O. The van der Waals surface area contributed by atoms with E-state index in [9.17, 15) is 0 Å². The van der Waals surface area contributed by atoms with Crippen molar-refractivity contribution in [1.82, 2.24) is 5.32 Å². The van der Waals surface area contributed by atoms with E-state index in [0.29, 0.717) is 5.92 Å². The number of ether oxygens (including phenoxy) is 1. The predicted octanol–water partition coefficient (Wildman–Crippen LogP) is 2.64. The molecule has 0 radical (unpaired) electrons. The number of anilines is 1. The summed E-state index contributed by atoms with van der Waals surface area (Å²) in [5, 5.41) is 4.34. The predicted molar refractivity (Wildman–Crippen MR) is 79.3 cm³/mol. The number of hydrogen-bond donors (Lipinski definition) is 1. The number of halogens is 1. The first-order chi connectivity index (χ1) is 9.34. The Bertz CT molecular complexity index is 426. The van der Waals surface area contributed by atoms with Crippen LogP contribution in [0.25, 0.3) is 0 Å². The molecule has 0 spiro atoms. The third-order valence-corrected chi connectivity index (χ3v) is 4.31. The molecule has 0 aliphatic carbocycles. The number of rotatable bonds is 2. The Kier molecular flexibility index (Phi) is 4.26. The van der Waals surface area contributed by atoms with Gasteiger partial charge in [0.15, 0.2) is 0 Å². The standard InChI is InChI=1S/C15H21ClN2O/c16-13-3-4-15(18-6-8-19-9-7-18)14(10-13)12-2-1-5-17-11-12/h3-4,10,12,17H,1-2,5-9,11H2.